The van der Waals surface area contributed by atoms with E-state index in [1.54, 1.807) is 60.7 Å². The topological polar surface area (TPSA) is 67.8 Å². The highest BCUT2D eigenvalue weighted by molar-refractivity contribution is 7.84. The summed E-state index contributed by atoms with van der Waals surface area (Å²) >= 11 is 5.87. The van der Waals surface area contributed by atoms with Gasteiger partial charge in [0.2, 0.25) is 0 Å². The summed E-state index contributed by atoms with van der Waals surface area (Å²) in [4.78, 5) is 17.6. The van der Waals surface area contributed by atoms with E-state index >= 15 is 0 Å². The number of hydrogen-bond acceptors (Lipinski definition) is 4. The summed E-state index contributed by atoms with van der Waals surface area (Å²) in [5.74, 6) is -1.28. The molecule has 0 bridgehead atoms. The lowest BCUT2D eigenvalue weighted by molar-refractivity contribution is -0.165. The fraction of sp³-hybridized carbons (Fsp3) is 0.259. The molecule has 0 aliphatic rings. The normalized spacial score (nSPS) is 14.4. The highest BCUT2D eigenvalue weighted by Crippen LogP contribution is 2.28. The van der Waals surface area contributed by atoms with Gasteiger partial charge in [0.1, 0.15) is 11.8 Å². The van der Waals surface area contributed by atoms with Crippen molar-refractivity contribution >= 4 is 34.3 Å². The number of benzene rings is 3. The fourth-order valence-electron chi connectivity index (χ4n) is 3.19. The van der Waals surface area contributed by atoms with Crippen LogP contribution in [0.5, 0.6) is 5.75 Å². The van der Waals surface area contributed by atoms with Crippen molar-refractivity contribution in [2.24, 2.45) is 4.99 Å². The Morgan fingerprint density at radius 2 is 1.38 bits per heavy atom. The zero-order valence-electron chi connectivity index (χ0n) is 20.3. The molecule has 0 aliphatic carbocycles. The van der Waals surface area contributed by atoms with E-state index in [0.717, 1.165) is 0 Å². The number of alkyl halides is 3. The molecule has 1 unspecified atom stereocenters. The Kier molecular flexibility index (Phi) is 9.28. The first-order chi connectivity index (χ1) is 17.4. The number of carbonyl (C=O) groups is 1. The molecule has 196 valence electrons. The molecule has 0 radical (unpaired) electrons. The molecule has 0 aromatic heterocycles. The molecule has 3 aromatic rings. The maximum absolute atomic E-state index is 14.4. The third-order valence-corrected chi connectivity index (χ3v) is 6.93. The lowest BCUT2D eigenvalue weighted by atomic mass is 10.0. The molecule has 37 heavy (non-hydrogen) atoms. The Labute approximate surface area is 221 Å². The second-order valence-corrected chi connectivity index (χ2v) is 11.5. The number of nitrogens with one attached hydrogen (secondary N) is 1. The van der Waals surface area contributed by atoms with E-state index in [2.05, 4.69) is 9.71 Å². The van der Waals surface area contributed by atoms with Gasteiger partial charge in [-0.25, -0.2) is 13.7 Å². The second-order valence-electron chi connectivity index (χ2n) is 9.05. The predicted octanol–water partition coefficient (Wildman–Crippen LogP) is 6.13. The van der Waals surface area contributed by atoms with Crippen LogP contribution in [0.25, 0.3) is 0 Å². The first-order valence-electron chi connectivity index (χ1n) is 11.3. The molecule has 1 N–H and O–H groups in total. The largest absolute Gasteiger partial charge is 0.425 e. The van der Waals surface area contributed by atoms with Gasteiger partial charge in [-0.2, -0.15) is 13.2 Å². The van der Waals surface area contributed by atoms with E-state index in [9.17, 15) is 22.2 Å². The van der Waals surface area contributed by atoms with E-state index < -0.39 is 40.0 Å². The summed E-state index contributed by atoms with van der Waals surface area (Å²) in [5.41, 5.74) is 1.14. The van der Waals surface area contributed by atoms with Crippen LogP contribution in [0.3, 0.4) is 0 Å². The number of rotatable bonds is 8. The maximum Gasteiger partial charge on any atom is 0.407 e. The van der Waals surface area contributed by atoms with Crippen LogP contribution in [0, 0.1) is 0 Å². The van der Waals surface area contributed by atoms with Crippen LogP contribution in [0.4, 0.5) is 13.2 Å². The van der Waals surface area contributed by atoms with Gasteiger partial charge in [-0.1, -0.05) is 72.3 Å². The molecular weight excluding hydrogens is 525 g/mol. The van der Waals surface area contributed by atoms with Crippen LogP contribution in [-0.2, 0) is 15.8 Å². The monoisotopic (exact) mass is 550 g/mol. The molecule has 0 aliphatic heterocycles. The SMILES string of the molecule is CC(C)(C)S(=O)N[C@@H]([C@H](N=C(c1ccccc1)c1ccccc1)C(=O)Oc1ccc(Cl)cc1)C(F)(F)F. The van der Waals surface area contributed by atoms with Gasteiger partial charge in [0.25, 0.3) is 0 Å². The van der Waals surface area contributed by atoms with Crippen molar-refractivity contribution in [1.82, 2.24) is 4.72 Å². The summed E-state index contributed by atoms with van der Waals surface area (Å²) < 4.78 is 62.4. The van der Waals surface area contributed by atoms with Gasteiger partial charge < -0.3 is 4.74 Å². The van der Waals surface area contributed by atoms with Crippen LogP contribution in [0.15, 0.2) is 89.9 Å². The Morgan fingerprint density at radius 3 is 1.81 bits per heavy atom. The second kappa shape index (κ2) is 12.0. The molecule has 0 heterocycles. The van der Waals surface area contributed by atoms with Crippen molar-refractivity contribution in [3.05, 3.63) is 101 Å². The lowest BCUT2D eigenvalue weighted by Crippen LogP contribution is -2.56. The van der Waals surface area contributed by atoms with Gasteiger partial charge in [-0.05, 0) is 45.0 Å². The van der Waals surface area contributed by atoms with Crippen molar-refractivity contribution < 1.29 is 26.9 Å². The number of esters is 1. The molecule has 0 fully saturated rings. The summed E-state index contributed by atoms with van der Waals surface area (Å²) in [7, 11) is -2.17. The summed E-state index contributed by atoms with van der Waals surface area (Å²) in [6, 6.07) is 17.9. The van der Waals surface area contributed by atoms with E-state index in [-0.39, 0.29) is 11.5 Å². The third kappa shape index (κ3) is 7.99. The molecule has 5 nitrogen and oxygen atoms in total. The molecule has 0 saturated heterocycles. The van der Waals surface area contributed by atoms with Crippen molar-refractivity contribution in [2.45, 2.75) is 43.8 Å². The Balaban J connectivity index is 2.17. The first kappa shape index (κ1) is 28.6. The molecule has 0 amide bonds. The third-order valence-electron chi connectivity index (χ3n) is 5.09. The minimum Gasteiger partial charge on any atom is -0.425 e. The standard InChI is InChI=1S/C27H26ClF3N2O3S/c1-26(2,3)37(35)33-24(27(29,30)31)23(25(34)36-21-16-14-20(28)15-17-21)32-22(18-10-6-4-7-11-18)19-12-8-5-9-13-19/h4-17,23-24,33H,1-3H3/t23-,24-,37?/m0/s1. The van der Waals surface area contributed by atoms with Crippen molar-refractivity contribution in [3.63, 3.8) is 0 Å². The molecular formula is C27H26ClF3N2O3S. The van der Waals surface area contributed by atoms with E-state index in [1.165, 1.54) is 45.0 Å². The van der Waals surface area contributed by atoms with Gasteiger partial charge in [0.15, 0.2) is 6.04 Å². The van der Waals surface area contributed by atoms with Gasteiger partial charge in [-0.15, -0.1) is 0 Å². The Morgan fingerprint density at radius 1 is 0.892 bits per heavy atom. The summed E-state index contributed by atoms with van der Waals surface area (Å²) in [5, 5.41) is 0.361. The van der Waals surface area contributed by atoms with Crippen LogP contribution in [-0.4, -0.2) is 38.9 Å². The number of hydrogen-bond donors (Lipinski definition) is 1. The fourth-order valence-corrected chi connectivity index (χ4v) is 4.16. The first-order valence-corrected chi connectivity index (χ1v) is 12.8. The zero-order valence-corrected chi connectivity index (χ0v) is 21.9. The number of ether oxygens (including phenoxy) is 1. The van der Waals surface area contributed by atoms with Crippen LogP contribution < -0.4 is 9.46 Å². The average Bonchev–Trinajstić information content (AvgIpc) is 2.84. The van der Waals surface area contributed by atoms with Gasteiger partial charge in [-0.3, -0.25) is 4.99 Å². The van der Waals surface area contributed by atoms with E-state index in [0.29, 0.717) is 16.1 Å². The Hall–Kier alpha value is -3.01. The van der Waals surface area contributed by atoms with Crippen molar-refractivity contribution in [2.75, 3.05) is 0 Å². The molecule has 3 aromatic carbocycles. The molecule has 3 atom stereocenters. The van der Waals surface area contributed by atoms with E-state index in [1.807, 2.05) is 0 Å². The van der Waals surface area contributed by atoms with Crippen molar-refractivity contribution in [3.8, 4) is 5.75 Å². The highest BCUT2D eigenvalue weighted by atomic mass is 35.5. The number of aliphatic imine (C=N–C) groups is 1. The minimum atomic E-state index is -4.99. The van der Waals surface area contributed by atoms with Crippen LogP contribution >= 0.6 is 11.6 Å². The number of carbonyl (C=O) groups excluding carboxylic acids is 1. The minimum absolute atomic E-state index is 0.00607. The van der Waals surface area contributed by atoms with Gasteiger partial charge >= 0.3 is 12.1 Å². The summed E-state index contributed by atoms with van der Waals surface area (Å²) in [6.07, 6.45) is -4.99. The molecule has 0 saturated carbocycles. The van der Waals surface area contributed by atoms with Gasteiger partial charge in [0, 0.05) is 16.1 Å². The Bertz CT molecular complexity index is 1200. The summed E-state index contributed by atoms with van der Waals surface area (Å²) in [6.45, 7) is 4.56. The highest BCUT2D eigenvalue weighted by Gasteiger charge is 2.50. The smallest absolute Gasteiger partial charge is 0.407 e. The van der Waals surface area contributed by atoms with Crippen molar-refractivity contribution in [1.29, 1.82) is 0 Å². The average molecular weight is 551 g/mol. The van der Waals surface area contributed by atoms with E-state index in [4.69, 9.17) is 16.3 Å². The molecule has 10 heteroatoms. The van der Waals surface area contributed by atoms with Crippen LogP contribution in [0.1, 0.15) is 31.9 Å². The maximum atomic E-state index is 14.4. The number of halogens is 4. The predicted molar refractivity (Wildman–Crippen MR) is 140 cm³/mol. The van der Waals surface area contributed by atoms with Crippen LogP contribution in [0.2, 0.25) is 5.02 Å². The number of nitrogens with zero attached hydrogens (tertiary/aromatic N) is 1. The quantitative estimate of drug-likeness (QED) is 0.208. The zero-order chi connectivity index (χ0) is 27.2. The molecule has 3 rings (SSSR count). The molecule has 0 spiro atoms. The lowest BCUT2D eigenvalue weighted by Gasteiger charge is -2.29. The van der Waals surface area contributed by atoms with Gasteiger partial charge in [0.05, 0.1) is 21.4 Å².